The van der Waals surface area contributed by atoms with Gasteiger partial charge in [-0.2, -0.15) is 0 Å². The summed E-state index contributed by atoms with van der Waals surface area (Å²) in [6.07, 6.45) is 0. The average Bonchev–Trinajstić information content (AvgIpc) is 3.46. The van der Waals surface area contributed by atoms with E-state index < -0.39 is 15.8 Å². The fourth-order valence-electron chi connectivity index (χ4n) is 3.57. The van der Waals surface area contributed by atoms with Crippen LogP contribution >= 0.6 is 23.1 Å². The number of hydrogen-bond acceptors (Lipinski definition) is 9. The van der Waals surface area contributed by atoms with Crippen molar-refractivity contribution in [3.63, 3.8) is 0 Å². The number of amides is 1. The molecule has 0 aliphatic rings. The quantitative estimate of drug-likeness (QED) is 0.215. The predicted octanol–water partition coefficient (Wildman–Crippen LogP) is 4.73. The molecule has 0 radical (unpaired) electrons. The largest absolute Gasteiger partial charge is 0.462 e. The minimum absolute atomic E-state index is 0.0163. The van der Waals surface area contributed by atoms with Gasteiger partial charge in [-0.05, 0) is 31.5 Å². The van der Waals surface area contributed by atoms with Crippen molar-refractivity contribution in [1.82, 2.24) is 14.8 Å². The molecule has 0 bridgehead atoms. The molecule has 12 heteroatoms. The zero-order valence-corrected chi connectivity index (χ0v) is 23.5. The van der Waals surface area contributed by atoms with E-state index in [4.69, 9.17) is 4.74 Å². The maximum absolute atomic E-state index is 12.8. The van der Waals surface area contributed by atoms with Crippen LogP contribution in [-0.4, -0.2) is 47.4 Å². The Morgan fingerprint density at radius 2 is 1.79 bits per heavy atom. The van der Waals surface area contributed by atoms with Crippen LogP contribution in [0.4, 0.5) is 5.00 Å². The highest BCUT2D eigenvalue weighted by atomic mass is 32.2. The summed E-state index contributed by atoms with van der Waals surface area (Å²) in [5.41, 5.74) is 2.80. The molecule has 2 aromatic heterocycles. The molecule has 198 valence electrons. The van der Waals surface area contributed by atoms with Gasteiger partial charge in [-0.1, -0.05) is 59.8 Å². The first-order valence-corrected chi connectivity index (χ1v) is 15.2. The first-order valence-electron chi connectivity index (χ1n) is 11.6. The van der Waals surface area contributed by atoms with Crippen LogP contribution in [0.2, 0.25) is 0 Å². The van der Waals surface area contributed by atoms with Crippen molar-refractivity contribution in [3.05, 3.63) is 76.9 Å². The van der Waals surface area contributed by atoms with E-state index >= 15 is 0 Å². The van der Waals surface area contributed by atoms with Gasteiger partial charge in [0.15, 0.2) is 15.0 Å². The van der Waals surface area contributed by atoms with Crippen LogP contribution in [0.15, 0.2) is 70.0 Å². The molecule has 0 atom stereocenters. The van der Waals surface area contributed by atoms with Gasteiger partial charge in [-0.25, -0.2) is 13.2 Å². The molecule has 1 N–H and O–H groups in total. The number of thioether (sulfide) groups is 1. The van der Waals surface area contributed by atoms with E-state index in [1.165, 1.54) is 11.3 Å². The Labute approximate surface area is 229 Å². The van der Waals surface area contributed by atoms with Gasteiger partial charge in [-0.15, -0.1) is 21.5 Å². The molecule has 4 aromatic rings. The summed E-state index contributed by atoms with van der Waals surface area (Å²) >= 11 is 2.36. The Morgan fingerprint density at radius 1 is 1.08 bits per heavy atom. The third kappa shape index (κ3) is 6.32. The van der Waals surface area contributed by atoms with Gasteiger partial charge in [0.1, 0.15) is 22.1 Å². The molecule has 0 aliphatic heterocycles. The van der Waals surface area contributed by atoms with Gasteiger partial charge < -0.3 is 14.6 Å². The summed E-state index contributed by atoms with van der Waals surface area (Å²) in [5, 5.41) is 13.5. The molecule has 2 aromatic carbocycles. The van der Waals surface area contributed by atoms with Crippen molar-refractivity contribution < 1.29 is 22.7 Å². The molecule has 0 saturated carbocycles. The van der Waals surface area contributed by atoms with Crippen molar-refractivity contribution in [3.8, 4) is 11.1 Å². The molecular weight excluding hydrogens is 545 g/mol. The molecule has 0 unspecified atom stereocenters. The Bertz CT molecular complexity index is 1550. The summed E-state index contributed by atoms with van der Waals surface area (Å²) < 4.78 is 32.4. The number of carbonyl (C=O) groups excluding carboxylic acids is 2. The maximum atomic E-state index is 12.8. The second kappa shape index (κ2) is 11.9. The molecule has 4 rings (SSSR count). The van der Waals surface area contributed by atoms with Crippen LogP contribution in [-0.2, 0) is 32.2 Å². The smallest absolute Gasteiger partial charge is 0.341 e. The van der Waals surface area contributed by atoms with E-state index in [1.807, 2.05) is 42.6 Å². The predicted molar refractivity (Wildman–Crippen MR) is 148 cm³/mol. The summed E-state index contributed by atoms with van der Waals surface area (Å²) in [4.78, 5) is 25.7. The number of thiophene rings is 1. The van der Waals surface area contributed by atoms with Crippen molar-refractivity contribution in [2.45, 2.75) is 29.7 Å². The first-order chi connectivity index (χ1) is 18.2. The number of sulfone groups is 1. The lowest BCUT2D eigenvalue weighted by atomic mass is 10.0. The lowest BCUT2D eigenvalue weighted by Crippen LogP contribution is -2.17. The highest BCUT2D eigenvalue weighted by molar-refractivity contribution is 7.99. The summed E-state index contributed by atoms with van der Waals surface area (Å²) in [7, 11) is -1.95. The fourth-order valence-corrected chi connectivity index (χ4v) is 6.59. The van der Waals surface area contributed by atoms with Crippen LogP contribution in [0.25, 0.3) is 11.1 Å². The minimum atomic E-state index is -3.60. The van der Waals surface area contributed by atoms with Gasteiger partial charge >= 0.3 is 5.97 Å². The monoisotopic (exact) mass is 570 g/mol. The third-order valence-electron chi connectivity index (χ3n) is 5.56. The molecule has 0 aliphatic carbocycles. The SMILES string of the molecule is CCOC(=O)c1c(-c2ccccc2)csc1NC(=O)CSc1nnc(CS(=O)(=O)c2ccc(C)cc2)n1C. The van der Waals surface area contributed by atoms with Crippen molar-refractivity contribution in [2.24, 2.45) is 7.05 Å². The lowest BCUT2D eigenvalue weighted by molar-refractivity contribution is -0.113. The van der Waals surface area contributed by atoms with E-state index in [-0.39, 0.29) is 34.7 Å². The molecule has 0 saturated heterocycles. The van der Waals surface area contributed by atoms with E-state index in [1.54, 1.807) is 42.8 Å². The van der Waals surface area contributed by atoms with Gasteiger partial charge in [-0.3, -0.25) is 4.79 Å². The number of nitrogens with zero attached hydrogens (tertiary/aromatic N) is 3. The Kier molecular flexibility index (Phi) is 8.65. The first kappa shape index (κ1) is 27.6. The average molecular weight is 571 g/mol. The van der Waals surface area contributed by atoms with Gasteiger partial charge in [0.05, 0.1) is 17.3 Å². The van der Waals surface area contributed by atoms with E-state index in [9.17, 15) is 18.0 Å². The topological polar surface area (TPSA) is 120 Å². The number of anilines is 1. The standard InChI is InChI=1S/C26H26N4O5S3/c1-4-35-25(32)23-20(18-8-6-5-7-9-18)14-36-24(23)27-22(31)15-37-26-29-28-21(30(26)3)16-38(33,34)19-12-10-17(2)11-13-19/h5-14H,4,15-16H2,1-3H3,(H,27,31). The summed E-state index contributed by atoms with van der Waals surface area (Å²) in [6.45, 7) is 3.82. The maximum Gasteiger partial charge on any atom is 0.341 e. The van der Waals surface area contributed by atoms with Gasteiger partial charge in [0.25, 0.3) is 0 Å². The van der Waals surface area contributed by atoms with Crippen molar-refractivity contribution in [1.29, 1.82) is 0 Å². The van der Waals surface area contributed by atoms with Crippen molar-refractivity contribution in [2.75, 3.05) is 17.7 Å². The number of nitrogens with one attached hydrogen (secondary N) is 1. The molecule has 1 amide bonds. The zero-order chi connectivity index (χ0) is 27.3. The molecule has 0 fully saturated rings. The van der Waals surface area contributed by atoms with Crippen LogP contribution in [0.5, 0.6) is 0 Å². The molecular formula is C26H26N4O5S3. The number of aryl methyl sites for hydroxylation is 1. The molecule has 2 heterocycles. The Balaban J connectivity index is 1.44. The van der Waals surface area contributed by atoms with Crippen LogP contribution in [0, 0.1) is 6.92 Å². The Morgan fingerprint density at radius 3 is 2.47 bits per heavy atom. The summed E-state index contributed by atoms with van der Waals surface area (Å²) in [6, 6.07) is 16.0. The minimum Gasteiger partial charge on any atom is -0.462 e. The lowest BCUT2D eigenvalue weighted by Gasteiger charge is -2.09. The number of benzene rings is 2. The van der Waals surface area contributed by atoms with Crippen LogP contribution in [0.1, 0.15) is 28.7 Å². The summed E-state index contributed by atoms with van der Waals surface area (Å²) in [5.74, 6) is -0.921. The zero-order valence-electron chi connectivity index (χ0n) is 21.0. The number of esters is 1. The van der Waals surface area contributed by atoms with Gasteiger partial charge in [0.2, 0.25) is 5.91 Å². The third-order valence-corrected chi connectivity index (χ3v) is 9.11. The highest BCUT2D eigenvalue weighted by Crippen LogP contribution is 2.36. The number of ether oxygens (including phenoxy) is 1. The number of hydrogen-bond donors (Lipinski definition) is 1. The van der Waals surface area contributed by atoms with E-state index in [0.717, 1.165) is 22.9 Å². The normalized spacial score (nSPS) is 11.3. The molecule has 0 spiro atoms. The van der Waals surface area contributed by atoms with E-state index in [2.05, 4.69) is 15.5 Å². The van der Waals surface area contributed by atoms with Gasteiger partial charge in [0, 0.05) is 18.0 Å². The number of rotatable bonds is 10. The number of aromatic nitrogens is 3. The second-order valence-corrected chi connectivity index (χ2v) is 12.1. The number of carbonyl (C=O) groups is 2. The fraction of sp³-hybridized carbons (Fsp3) is 0.231. The van der Waals surface area contributed by atoms with Crippen molar-refractivity contribution >= 4 is 49.8 Å². The molecule has 38 heavy (non-hydrogen) atoms. The van der Waals surface area contributed by atoms with Crippen LogP contribution in [0.3, 0.4) is 0 Å². The Hall–Kier alpha value is -3.48. The highest BCUT2D eigenvalue weighted by Gasteiger charge is 2.24. The van der Waals surface area contributed by atoms with Crippen LogP contribution < -0.4 is 5.32 Å². The molecule has 9 nitrogen and oxygen atoms in total. The second-order valence-electron chi connectivity index (χ2n) is 8.31. The van der Waals surface area contributed by atoms with E-state index in [0.29, 0.717) is 21.3 Å².